The molecule has 4 nitrogen and oxygen atoms in total. The summed E-state index contributed by atoms with van der Waals surface area (Å²) in [6, 6.07) is 13.8. The summed E-state index contributed by atoms with van der Waals surface area (Å²) in [6.07, 6.45) is 0. The lowest BCUT2D eigenvalue weighted by molar-refractivity contribution is 0.0602. The molecule has 1 aliphatic rings. The number of carbonyl (C=O) groups is 1. The van der Waals surface area contributed by atoms with E-state index in [0.29, 0.717) is 31.0 Å². The molecule has 4 rings (SSSR count). The maximum atomic E-state index is 13.6. The lowest BCUT2D eigenvalue weighted by Gasteiger charge is -2.36. The molecule has 3 aromatic rings. The molecule has 0 saturated carbocycles. The molecule has 0 radical (unpaired) electrons. The van der Waals surface area contributed by atoms with Gasteiger partial charge in [-0.3, -0.25) is 4.79 Å². The first-order chi connectivity index (χ1) is 12.1. The fraction of sp³-hybridized carbons (Fsp3) is 0.250. The molecule has 1 aromatic heterocycles. The Morgan fingerprint density at radius 1 is 1.24 bits per heavy atom. The van der Waals surface area contributed by atoms with Crippen molar-refractivity contribution in [2.75, 3.05) is 19.6 Å². The van der Waals surface area contributed by atoms with Crippen molar-refractivity contribution in [1.82, 2.24) is 10.2 Å². The smallest absolute Gasteiger partial charge is 0.290 e. The van der Waals surface area contributed by atoms with E-state index < -0.39 is 0 Å². The van der Waals surface area contributed by atoms with E-state index in [-0.39, 0.29) is 17.8 Å². The third-order valence-electron chi connectivity index (χ3n) is 4.78. The highest BCUT2D eigenvalue weighted by Crippen LogP contribution is 2.30. The number of nitrogens with one attached hydrogen (secondary N) is 1. The zero-order valence-corrected chi connectivity index (χ0v) is 14.0. The largest absolute Gasteiger partial charge is 0.451 e. The molecule has 128 valence electrons. The van der Waals surface area contributed by atoms with Crippen LogP contribution in [0, 0.1) is 12.7 Å². The second-order valence-corrected chi connectivity index (χ2v) is 6.33. The predicted molar refractivity (Wildman–Crippen MR) is 94.0 cm³/mol. The van der Waals surface area contributed by atoms with Gasteiger partial charge in [0.15, 0.2) is 5.76 Å². The van der Waals surface area contributed by atoms with Gasteiger partial charge in [0.2, 0.25) is 0 Å². The molecular formula is C20H19FN2O2. The van der Waals surface area contributed by atoms with Crippen LogP contribution >= 0.6 is 0 Å². The zero-order valence-electron chi connectivity index (χ0n) is 14.0. The lowest BCUT2D eigenvalue weighted by atomic mass is 10.0. The summed E-state index contributed by atoms with van der Waals surface area (Å²) >= 11 is 0. The van der Waals surface area contributed by atoms with Crippen LogP contribution in [0.15, 0.2) is 52.9 Å². The summed E-state index contributed by atoms with van der Waals surface area (Å²) in [6.45, 7) is 3.75. The number of rotatable bonds is 2. The van der Waals surface area contributed by atoms with E-state index in [4.69, 9.17) is 4.42 Å². The number of amides is 1. The number of benzene rings is 2. The van der Waals surface area contributed by atoms with Gasteiger partial charge in [0, 0.05) is 30.6 Å². The van der Waals surface area contributed by atoms with Crippen molar-refractivity contribution in [3.8, 4) is 0 Å². The Labute approximate surface area is 145 Å². The van der Waals surface area contributed by atoms with Crippen molar-refractivity contribution in [3.05, 3.63) is 71.2 Å². The summed E-state index contributed by atoms with van der Waals surface area (Å²) in [5, 5.41) is 4.23. The first kappa shape index (κ1) is 15.8. The topological polar surface area (TPSA) is 45.5 Å². The van der Waals surface area contributed by atoms with Crippen LogP contribution in [0.25, 0.3) is 11.0 Å². The van der Waals surface area contributed by atoms with Gasteiger partial charge < -0.3 is 14.6 Å². The van der Waals surface area contributed by atoms with Crippen molar-refractivity contribution >= 4 is 16.9 Å². The minimum absolute atomic E-state index is 0.149. The highest BCUT2D eigenvalue weighted by Gasteiger charge is 2.31. The highest BCUT2D eigenvalue weighted by molar-refractivity contribution is 5.99. The maximum Gasteiger partial charge on any atom is 0.290 e. The van der Waals surface area contributed by atoms with Crippen molar-refractivity contribution < 1.29 is 13.6 Å². The van der Waals surface area contributed by atoms with E-state index in [0.717, 1.165) is 16.5 Å². The van der Waals surface area contributed by atoms with Gasteiger partial charge in [0.25, 0.3) is 5.91 Å². The van der Waals surface area contributed by atoms with Crippen LogP contribution in [-0.2, 0) is 0 Å². The number of aryl methyl sites for hydroxylation is 1. The summed E-state index contributed by atoms with van der Waals surface area (Å²) < 4.78 is 19.5. The average Bonchev–Trinajstić information content (AvgIpc) is 2.98. The van der Waals surface area contributed by atoms with E-state index in [2.05, 4.69) is 5.32 Å². The zero-order chi connectivity index (χ0) is 17.4. The van der Waals surface area contributed by atoms with Gasteiger partial charge in [-0.05, 0) is 30.7 Å². The number of piperazine rings is 1. The molecule has 1 unspecified atom stereocenters. The molecule has 1 N–H and O–H groups in total. The Bertz CT molecular complexity index is 934. The molecule has 2 heterocycles. The van der Waals surface area contributed by atoms with Gasteiger partial charge in [-0.25, -0.2) is 4.39 Å². The summed E-state index contributed by atoms with van der Waals surface area (Å²) in [4.78, 5) is 14.9. The van der Waals surface area contributed by atoms with Crippen LogP contribution in [0.1, 0.15) is 27.7 Å². The Kier molecular flexibility index (Phi) is 4.01. The summed E-state index contributed by atoms with van der Waals surface area (Å²) in [5.41, 5.74) is 2.34. The molecule has 1 amide bonds. The standard InChI is InChI=1S/C20H19FN2O2/c1-13-16-7-2-3-8-18(16)25-19(13)20(24)23-10-9-22-12-17(23)14-5-4-6-15(21)11-14/h2-8,11,17,22H,9-10,12H2,1H3. The summed E-state index contributed by atoms with van der Waals surface area (Å²) in [7, 11) is 0. The van der Waals surface area contributed by atoms with Crippen molar-refractivity contribution in [2.45, 2.75) is 13.0 Å². The number of nitrogens with zero attached hydrogens (tertiary/aromatic N) is 1. The third kappa shape index (κ3) is 2.81. The number of carbonyl (C=O) groups excluding carboxylic acids is 1. The Balaban J connectivity index is 1.72. The van der Waals surface area contributed by atoms with Crippen LogP contribution in [0.3, 0.4) is 0 Å². The van der Waals surface area contributed by atoms with Gasteiger partial charge in [-0.2, -0.15) is 0 Å². The molecule has 0 spiro atoms. The molecule has 25 heavy (non-hydrogen) atoms. The number of hydrogen-bond donors (Lipinski definition) is 1. The number of hydrogen-bond acceptors (Lipinski definition) is 3. The van der Waals surface area contributed by atoms with Crippen LogP contribution in [-0.4, -0.2) is 30.4 Å². The molecule has 1 atom stereocenters. The molecule has 2 aromatic carbocycles. The number of para-hydroxylation sites is 1. The minimum Gasteiger partial charge on any atom is -0.451 e. The van der Waals surface area contributed by atoms with Crippen LogP contribution in [0.4, 0.5) is 4.39 Å². The number of halogens is 1. The van der Waals surface area contributed by atoms with E-state index in [1.807, 2.05) is 37.3 Å². The summed E-state index contributed by atoms with van der Waals surface area (Å²) in [5.74, 6) is -0.0793. The predicted octanol–water partition coefficient (Wildman–Crippen LogP) is 3.67. The fourth-order valence-corrected chi connectivity index (χ4v) is 3.47. The minimum atomic E-state index is -0.296. The van der Waals surface area contributed by atoms with E-state index >= 15 is 0 Å². The maximum absolute atomic E-state index is 13.6. The van der Waals surface area contributed by atoms with Crippen molar-refractivity contribution in [3.63, 3.8) is 0 Å². The van der Waals surface area contributed by atoms with Crippen LogP contribution < -0.4 is 5.32 Å². The monoisotopic (exact) mass is 338 g/mol. The number of fused-ring (bicyclic) bond motifs is 1. The normalized spacial score (nSPS) is 17.8. The van der Waals surface area contributed by atoms with Gasteiger partial charge in [0.1, 0.15) is 11.4 Å². The Hall–Kier alpha value is -2.66. The molecule has 0 bridgehead atoms. The second-order valence-electron chi connectivity index (χ2n) is 6.33. The van der Waals surface area contributed by atoms with Gasteiger partial charge >= 0.3 is 0 Å². The molecule has 1 aliphatic heterocycles. The van der Waals surface area contributed by atoms with E-state index in [1.165, 1.54) is 12.1 Å². The number of furan rings is 1. The van der Waals surface area contributed by atoms with Crippen molar-refractivity contribution in [2.24, 2.45) is 0 Å². The van der Waals surface area contributed by atoms with E-state index in [1.54, 1.807) is 11.0 Å². The van der Waals surface area contributed by atoms with E-state index in [9.17, 15) is 9.18 Å². The molecule has 1 saturated heterocycles. The first-order valence-corrected chi connectivity index (χ1v) is 8.40. The van der Waals surface area contributed by atoms with Gasteiger partial charge in [-0.15, -0.1) is 0 Å². The average molecular weight is 338 g/mol. The molecule has 5 heteroatoms. The molecule has 0 aliphatic carbocycles. The Morgan fingerprint density at radius 2 is 2.08 bits per heavy atom. The lowest BCUT2D eigenvalue weighted by Crippen LogP contribution is -2.48. The first-order valence-electron chi connectivity index (χ1n) is 8.40. The Morgan fingerprint density at radius 3 is 2.88 bits per heavy atom. The van der Waals surface area contributed by atoms with Crippen molar-refractivity contribution in [1.29, 1.82) is 0 Å². The van der Waals surface area contributed by atoms with Gasteiger partial charge in [0.05, 0.1) is 6.04 Å². The van der Waals surface area contributed by atoms with Crippen LogP contribution in [0.5, 0.6) is 0 Å². The fourth-order valence-electron chi connectivity index (χ4n) is 3.47. The van der Waals surface area contributed by atoms with Gasteiger partial charge in [-0.1, -0.05) is 30.3 Å². The molecule has 1 fully saturated rings. The molecular weight excluding hydrogens is 319 g/mol. The quantitative estimate of drug-likeness (QED) is 0.775. The SMILES string of the molecule is Cc1c(C(=O)N2CCNCC2c2cccc(F)c2)oc2ccccc12. The highest BCUT2D eigenvalue weighted by atomic mass is 19.1. The second kappa shape index (κ2) is 6.33. The van der Waals surface area contributed by atoms with Crippen LogP contribution in [0.2, 0.25) is 0 Å². The third-order valence-corrected chi connectivity index (χ3v) is 4.78.